The fraction of sp³-hybridized carbons (Fsp3) is 0. The molecule has 1 unspecified atom stereocenters. The molecule has 8 heteroatoms. The van der Waals surface area contributed by atoms with Crippen LogP contribution in [0, 0.1) is 0 Å². The number of hydrogen-bond acceptors (Lipinski definition) is 2. The van der Waals surface area contributed by atoms with Gasteiger partial charge in [-0.05, 0) is 0 Å². The smallest absolute Gasteiger partial charge is 0.275 e. The Bertz CT molecular complexity index is 97.7. The highest BCUT2D eigenvalue weighted by molar-refractivity contribution is 8.34. The minimum atomic E-state index is -3.75. The predicted molar refractivity (Wildman–Crippen MR) is 43.0 cm³/mol. The zero-order valence-corrected chi connectivity index (χ0v) is 7.89. The minimum absolute atomic E-state index is 0. The van der Waals surface area contributed by atoms with E-state index in [9.17, 15) is 0 Å². The van der Waals surface area contributed by atoms with Gasteiger partial charge in [0, 0.05) is 8.44 Å². The van der Waals surface area contributed by atoms with Gasteiger partial charge >= 0.3 is 0 Å². The van der Waals surface area contributed by atoms with Crippen molar-refractivity contribution < 1.29 is 13.0 Å². The van der Waals surface area contributed by atoms with Crippen molar-refractivity contribution in [3.8, 4) is 0 Å². The third kappa shape index (κ3) is 190. The fourth-order valence-electron chi connectivity index (χ4n) is 0. The predicted octanol–water partition coefficient (Wildman–Crippen LogP) is 0.930. The first-order valence-electron chi connectivity index (χ1n) is 0.752. The molecule has 0 bridgehead atoms. The van der Waals surface area contributed by atoms with Crippen molar-refractivity contribution in [2.24, 2.45) is 0 Å². The topological polar surface area (TPSA) is 54.4 Å². The summed E-state index contributed by atoms with van der Waals surface area (Å²) in [6, 6.07) is 0. The number of hydrogen-bond donors (Lipinski definition) is 1. The summed E-state index contributed by atoms with van der Waals surface area (Å²) in [6.45, 7) is 0. The summed E-state index contributed by atoms with van der Waals surface area (Å²) < 4.78 is 25.8. The summed E-state index contributed by atoms with van der Waals surface area (Å²) in [4.78, 5) is 0. The van der Waals surface area contributed by atoms with Crippen LogP contribution in [0.25, 0.3) is 0 Å². The Morgan fingerprint density at radius 2 is 1.12 bits per heavy atom. The van der Waals surface area contributed by atoms with Gasteiger partial charge in [0.05, 0.1) is 0 Å². The average Bonchev–Trinajstić information content (AvgIpc) is 0.722. The van der Waals surface area contributed by atoms with Crippen molar-refractivity contribution in [3.05, 3.63) is 0 Å². The van der Waals surface area contributed by atoms with E-state index in [4.69, 9.17) is 13.0 Å². The maximum absolute atomic E-state index is 9.15. The molecule has 1 atom stereocenters. The zero-order chi connectivity index (χ0) is 4.50. The fourth-order valence-corrected chi connectivity index (χ4v) is 0. The zero-order valence-electron chi connectivity index (χ0n) is 3.47. The summed E-state index contributed by atoms with van der Waals surface area (Å²) >= 11 is 0. The van der Waals surface area contributed by atoms with Gasteiger partial charge in [0.25, 0.3) is 9.74 Å². The molecule has 0 aromatic rings. The van der Waals surface area contributed by atoms with Gasteiger partial charge in [0.15, 0.2) is 0 Å². The van der Waals surface area contributed by atoms with Crippen LogP contribution in [0.1, 0.15) is 0 Å². The Labute approximate surface area is 68.5 Å². The second-order valence-electron chi connectivity index (χ2n) is 0.515. The Morgan fingerprint density at radius 3 is 1.12 bits per heavy atom. The van der Waals surface area contributed by atoms with Gasteiger partial charge in [-0.25, -0.2) is 0 Å². The van der Waals surface area contributed by atoms with E-state index in [1.54, 1.807) is 0 Å². The lowest BCUT2D eigenvalue weighted by Gasteiger charge is -1.69. The third-order valence-corrected chi connectivity index (χ3v) is 0. The molecule has 0 aromatic heterocycles. The third-order valence-electron chi connectivity index (χ3n) is 0. The summed E-state index contributed by atoms with van der Waals surface area (Å²) in [7, 11) is -2.51. The van der Waals surface area contributed by atoms with Crippen LogP contribution in [0.2, 0.25) is 0 Å². The van der Waals surface area contributed by atoms with E-state index in [1.807, 2.05) is 0 Å². The number of halogens is 3. The van der Waals surface area contributed by atoms with Crippen LogP contribution < -0.4 is 0 Å². The van der Waals surface area contributed by atoms with Crippen molar-refractivity contribution in [1.82, 2.24) is 0 Å². The molecule has 0 amide bonds. The lowest BCUT2D eigenvalue weighted by atomic mass is 15.9. The SMILES string of the molecule is Cl.Cl.Cl.O=S(=O)(O)P. The molecule has 0 fully saturated rings. The molecule has 3 nitrogen and oxygen atoms in total. The van der Waals surface area contributed by atoms with E-state index in [0.717, 1.165) is 0 Å². The Morgan fingerprint density at radius 1 is 1.12 bits per heavy atom. The standard InChI is InChI=1S/3ClH.H3O3PS/c;;;1-5(2,3)4/h3*1H;4H2,(H,1,2,3). The van der Waals surface area contributed by atoms with Crippen LogP contribution >= 0.6 is 45.7 Å². The maximum Gasteiger partial charge on any atom is 0.275 e. The van der Waals surface area contributed by atoms with Crippen LogP contribution in [0.5, 0.6) is 0 Å². The van der Waals surface area contributed by atoms with Gasteiger partial charge in [-0.3, -0.25) is 4.55 Å². The first-order chi connectivity index (χ1) is 2.00. The molecule has 0 rings (SSSR count). The largest absolute Gasteiger partial charge is 0.283 e. The van der Waals surface area contributed by atoms with E-state index in [2.05, 4.69) is 0 Å². The molecule has 8 heavy (non-hydrogen) atoms. The minimum Gasteiger partial charge on any atom is -0.283 e. The quantitative estimate of drug-likeness (QED) is 0.491. The van der Waals surface area contributed by atoms with Crippen molar-refractivity contribution >= 4 is 55.4 Å². The summed E-state index contributed by atoms with van der Waals surface area (Å²) in [6.07, 6.45) is 0. The Balaban J connectivity index is -0.0000000267. The second kappa shape index (κ2) is 8.21. The van der Waals surface area contributed by atoms with Gasteiger partial charge in [-0.1, -0.05) is 0 Å². The average molecular weight is 223 g/mol. The monoisotopic (exact) mass is 222 g/mol. The van der Waals surface area contributed by atoms with E-state index in [0.29, 0.717) is 0 Å². The summed E-state index contributed by atoms with van der Waals surface area (Å²) in [5.41, 5.74) is 0. The van der Waals surface area contributed by atoms with Crippen LogP contribution in [0.15, 0.2) is 0 Å². The first-order valence-corrected chi connectivity index (χ1v) is 3.67. The van der Waals surface area contributed by atoms with E-state index in [1.165, 1.54) is 8.44 Å². The first kappa shape index (κ1) is 22.9. The number of rotatable bonds is 0. The molecule has 56 valence electrons. The highest BCUT2D eigenvalue weighted by Crippen LogP contribution is 1.89. The van der Waals surface area contributed by atoms with Gasteiger partial charge in [0.1, 0.15) is 0 Å². The molecular weight excluding hydrogens is 217 g/mol. The highest BCUT2D eigenvalue weighted by Gasteiger charge is 1.81. The van der Waals surface area contributed by atoms with E-state index >= 15 is 0 Å². The molecule has 1 N–H and O–H groups in total. The molecule has 0 aliphatic heterocycles. The molecule has 0 spiro atoms. The van der Waals surface area contributed by atoms with Crippen molar-refractivity contribution in [3.63, 3.8) is 0 Å². The lowest BCUT2D eigenvalue weighted by molar-refractivity contribution is 0.503. The summed E-state index contributed by atoms with van der Waals surface area (Å²) in [5, 5.41) is 0. The molecule has 0 saturated carbocycles. The summed E-state index contributed by atoms with van der Waals surface area (Å²) in [5.74, 6) is 0. The van der Waals surface area contributed by atoms with Crippen LogP contribution in [-0.4, -0.2) is 13.0 Å². The molecule has 0 aliphatic rings. The van der Waals surface area contributed by atoms with Crippen LogP contribution in [-0.2, 0) is 9.74 Å². The van der Waals surface area contributed by atoms with Gasteiger partial charge < -0.3 is 0 Å². The van der Waals surface area contributed by atoms with Crippen molar-refractivity contribution in [2.75, 3.05) is 0 Å². The molecule has 0 aromatic carbocycles. The lowest BCUT2D eigenvalue weighted by Crippen LogP contribution is -1.76. The van der Waals surface area contributed by atoms with Crippen molar-refractivity contribution in [1.29, 1.82) is 0 Å². The normalized spacial score (nSPS) is 7.25. The Kier molecular flexibility index (Phi) is 23.5. The highest BCUT2D eigenvalue weighted by atomic mass is 35.5. The van der Waals surface area contributed by atoms with Crippen molar-refractivity contribution in [2.45, 2.75) is 0 Å². The van der Waals surface area contributed by atoms with E-state index < -0.39 is 9.74 Å². The molecule has 0 saturated heterocycles. The molecule has 0 heterocycles. The Hall–Kier alpha value is 1.21. The van der Waals surface area contributed by atoms with E-state index in [-0.39, 0.29) is 37.2 Å². The van der Waals surface area contributed by atoms with Crippen LogP contribution in [0.3, 0.4) is 0 Å². The molecule has 0 aliphatic carbocycles. The maximum atomic E-state index is 9.15. The van der Waals surface area contributed by atoms with Crippen LogP contribution in [0.4, 0.5) is 0 Å². The van der Waals surface area contributed by atoms with Gasteiger partial charge in [-0.2, -0.15) is 8.42 Å². The molecular formula is H6Cl3O3PS. The van der Waals surface area contributed by atoms with Gasteiger partial charge in [0.2, 0.25) is 0 Å². The second-order valence-corrected chi connectivity index (χ2v) is 3.33. The van der Waals surface area contributed by atoms with Gasteiger partial charge in [-0.15, -0.1) is 37.2 Å². The molecule has 0 radical (unpaired) electrons.